The molecule has 3 heterocycles. The van der Waals surface area contributed by atoms with E-state index in [9.17, 15) is 4.79 Å². The summed E-state index contributed by atoms with van der Waals surface area (Å²) in [7, 11) is 0. The molecule has 0 unspecified atom stereocenters. The van der Waals surface area contributed by atoms with Gasteiger partial charge in [-0.05, 0) is 52.3 Å². The summed E-state index contributed by atoms with van der Waals surface area (Å²) in [5.41, 5.74) is 6.89. The minimum atomic E-state index is -0.0792. The number of unbranched alkanes of at least 4 members (excludes halogenated alkanes) is 1. The number of para-hydroxylation sites is 1. The Morgan fingerprint density at radius 1 is 0.974 bits per heavy atom. The van der Waals surface area contributed by atoms with Crippen LogP contribution in [0.4, 0.5) is 0 Å². The quantitative estimate of drug-likeness (QED) is 0.296. The van der Waals surface area contributed by atoms with Gasteiger partial charge in [-0.25, -0.2) is 4.79 Å². The van der Waals surface area contributed by atoms with E-state index in [0.717, 1.165) is 58.5 Å². The molecule has 0 saturated carbocycles. The molecular weight excluding hydrogens is 474 g/mol. The molecule has 2 aromatic carbocycles. The van der Waals surface area contributed by atoms with Crippen LogP contribution in [0, 0.1) is 0 Å². The zero-order chi connectivity index (χ0) is 26.7. The van der Waals surface area contributed by atoms with Crippen molar-refractivity contribution in [3.63, 3.8) is 0 Å². The van der Waals surface area contributed by atoms with Crippen molar-refractivity contribution >= 4 is 0 Å². The summed E-state index contributed by atoms with van der Waals surface area (Å²) in [4.78, 5) is 18.1. The Labute approximate surface area is 222 Å². The average Bonchev–Trinajstić information content (AvgIpc) is 3.56. The molecule has 0 aliphatic heterocycles. The van der Waals surface area contributed by atoms with Gasteiger partial charge < -0.3 is 0 Å². The third-order valence-corrected chi connectivity index (χ3v) is 6.83. The van der Waals surface area contributed by atoms with Gasteiger partial charge in [-0.1, -0.05) is 76.6 Å². The number of rotatable bonds is 8. The number of imidazole rings is 1. The van der Waals surface area contributed by atoms with Crippen LogP contribution in [0.1, 0.15) is 57.4 Å². The van der Waals surface area contributed by atoms with Crippen LogP contribution in [0.5, 0.6) is 0 Å². The lowest BCUT2D eigenvalue weighted by atomic mass is 9.86. The molecule has 5 rings (SSSR count). The molecule has 3 aromatic heterocycles. The van der Waals surface area contributed by atoms with Crippen LogP contribution in [-0.4, -0.2) is 34.7 Å². The number of benzene rings is 2. The molecule has 0 spiro atoms. The second-order valence-corrected chi connectivity index (χ2v) is 10.6. The molecule has 5 aromatic rings. The molecule has 8 heteroatoms. The maximum atomic E-state index is 13.8. The van der Waals surface area contributed by atoms with Gasteiger partial charge in [-0.3, -0.25) is 14.1 Å². The molecule has 0 saturated heterocycles. The summed E-state index contributed by atoms with van der Waals surface area (Å²) in [6, 6.07) is 18.3. The Kier molecular flexibility index (Phi) is 7.05. The smallest absolute Gasteiger partial charge is 0.292 e. The van der Waals surface area contributed by atoms with Crippen LogP contribution in [0.3, 0.4) is 0 Å². The second kappa shape index (κ2) is 10.6. The van der Waals surface area contributed by atoms with E-state index in [4.69, 9.17) is 0 Å². The Bertz CT molecular complexity index is 1570. The van der Waals surface area contributed by atoms with Gasteiger partial charge in [0.05, 0.1) is 12.2 Å². The van der Waals surface area contributed by atoms with Gasteiger partial charge in [0.15, 0.2) is 0 Å². The topological polar surface area (TPSA) is 94.3 Å². The fourth-order valence-electron chi connectivity index (χ4n) is 4.81. The zero-order valence-electron chi connectivity index (χ0n) is 22.3. The number of nitrogens with one attached hydrogen (secondary N) is 1. The molecule has 0 radical (unpaired) electrons. The van der Waals surface area contributed by atoms with Crippen molar-refractivity contribution in [1.82, 2.24) is 34.7 Å². The number of aromatic nitrogens is 7. The second-order valence-electron chi connectivity index (χ2n) is 10.6. The van der Waals surface area contributed by atoms with E-state index in [1.54, 1.807) is 12.4 Å². The van der Waals surface area contributed by atoms with E-state index in [0.29, 0.717) is 12.4 Å². The van der Waals surface area contributed by atoms with Crippen LogP contribution in [-0.2, 0) is 18.4 Å². The summed E-state index contributed by atoms with van der Waals surface area (Å²) in [5.74, 6) is 0.524. The SMILES string of the molecule is CCCCc1cn(-c2ccccc2C(C)(C)C)c(=O)n1Cc1ccc(-c2cnccc2-c2nn[nH]n2)cc1. The first-order valence-electron chi connectivity index (χ1n) is 13.0. The lowest BCUT2D eigenvalue weighted by molar-refractivity contribution is 0.584. The standard InChI is InChI=1S/C30H33N7O/c1-5-6-9-23-20-37(27-11-8-7-10-26(27)30(2,3)4)29(38)36(23)19-21-12-14-22(15-13-21)25-18-31-17-16-24(25)28-32-34-35-33-28/h7-8,10-18,20H,5-6,9,19H2,1-4H3,(H,32,33,34,35). The number of aryl methyl sites for hydroxylation is 1. The summed E-state index contributed by atoms with van der Waals surface area (Å²) in [5, 5.41) is 14.4. The first-order chi connectivity index (χ1) is 18.4. The highest BCUT2D eigenvalue weighted by Gasteiger charge is 2.21. The average molecular weight is 508 g/mol. The summed E-state index contributed by atoms with van der Waals surface area (Å²) in [6.07, 6.45) is 8.52. The van der Waals surface area contributed by atoms with Crippen LogP contribution in [0.15, 0.2) is 78.0 Å². The molecule has 38 heavy (non-hydrogen) atoms. The van der Waals surface area contributed by atoms with Crippen LogP contribution < -0.4 is 5.69 Å². The number of H-pyrrole nitrogens is 1. The highest BCUT2D eigenvalue weighted by atomic mass is 16.1. The van der Waals surface area contributed by atoms with E-state index < -0.39 is 0 Å². The minimum absolute atomic E-state index is 0.0106. The Morgan fingerprint density at radius 2 is 1.76 bits per heavy atom. The van der Waals surface area contributed by atoms with Crippen molar-refractivity contribution in [3.05, 3.63) is 100 Å². The Balaban J connectivity index is 1.50. The van der Waals surface area contributed by atoms with Gasteiger partial charge in [-0.2, -0.15) is 5.21 Å². The van der Waals surface area contributed by atoms with Crippen molar-refractivity contribution in [2.24, 2.45) is 0 Å². The lowest BCUT2D eigenvalue weighted by Crippen LogP contribution is -2.26. The minimum Gasteiger partial charge on any atom is -0.292 e. The van der Waals surface area contributed by atoms with Gasteiger partial charge in [0.2, 0.25) is 5.82 Å². The molecule has 1 N–H and O–H groups in total. The third-order valence-electron chi connectivity index (χ3n) is 6.83. The molecule has 0 aliphatic carbocycles. The largest absolute Gasteiger partial charge is 0.333 e. The van der Waals surface area contributed by atoms with E-state index in [-0.39, 0.29) is 11.1 Å². The van der Waals surface area contributed by atoms with E-state index in [1.807, 2.05) is 39.6 Å². The number of aromatic amines is 1. The predicted octanol–water partition coefficient (Wildman–Crippen LogP) is 5.57. The molecule has 0 aliphatic rings. The predicted molar refractivity (Wildman–Crippen MR) is 149 cm³/mol. The number of hydrogen-bond acceptors (Lipinski definition) is 5. The monoisotopic (exact) mass is 507 g/mol. The maximum absolute atomic E-state index is 13.8. The van der Waals surface area contributed by atoms with Crippen molar-refractivity contribution in [2.75, 3.05) is 0 Å². The number of nitrogens with zero attached hydrogens (tertiary/aromatic N) is 6. The van der Waals surface area contributed by atoms with E-state index >= 15 is 0 Å². The first-order valence-corrected chi connectivity index (χ1v) is 13.0. The molecular formula is C30H33N7O. The molecule has 194 valence electrons. The van der Waals surface area contributed by atoms with Gasteiger partial charge >= 0.3 is 5.69 Å². The van der Waals surface area contributed by atoms with Gasteiger partial charge in [0.25, 0.3) is 0 Å². The van der Waals surface area contributed by atoms with E-state index in [1.165, 1.54) is 0 Å². The van der Waals surface area contributed by atoms with Gasteiger partial charge in [0.1, 0.15) is 0 Å². The van der Waals surface area contributed by atoms with Crippen LogP contribution in [0.25, 0.3) is 28.2 Å². The molecule has 8 nitrogen and oxygen atoms in total. The highest BCUT2D eigenvalue weighted by molar-refractivity contribution is 5.79. The lowest BCUT2D eigenvalue weighted by Gasteiger charge is -2.22. The molecule has 0 atom stereocenters. The van der Waals surface area contributed by atoms with Crippen LogP contribution >= 0.6 is 0 Å². The number of hydrogen-bond donors (Lipinski definition) is 1. The Morgan fingerprint density at radius 3 is 2.47 bits per heavy atom. The maximum Gasteiger partial charge on any atom is 0.333 e. The third kappa shape index (κ3) is 5.07. The van der Waals surface area contributed by atoms with Crippen molar-refractivity contribution in [1.29, 1.82) is 0 Å². The molecule has 0 fully saturated rings. The summed E-state index contributed by atoms with van der Waals surface area (Å²) in [6.45, 7) is 9.22. The fraction of sp³-hybridized carbons (Fsp3) is 0.300. The van der Waals surface area contributed by atoms with Crippen molar-refractivity contribution in [2.45, 2.75) is 58.9 Å². The zero-order valence-corrected chi connectivity index (χ0v) is 22.3. The number of tetrazole rings is 1. The molecule has 0 amide bonds. The molecule has 0 bridgehead atoms. The van der Waals surface area contributed by atoms with E-state index in [2.05, 4.69) is 83.6 Å². The Hall–Kier alpha value is -4.33. The number of pyridine rings is 1. The van der Waals surface area contributed by atoms with Gasteiger partial charge in [0, 0.05) is 35.4 Å². The van der Waals surface area contributed by atoms with Crippen LogP contribution in [0.2, 0.25) is 0 Å². The first kappa shape index (κ1) is 25.3. The highest BCUT2D eigenvalue weighted by Crippen LogP contribution is 2.30. The normalized spacial score (nSPS) is 11.7. The summed E-state index contributed by atoms with van der Waals surface area (Å²) >= 11 is 0. The fourth-order valence-corrected chi connectivity index (χ4v) is 4.81. The van der Waals surface area contributed by atoms with Gasteiger partial charge in [-0.15, -0.1) is 10.2 Å². The van der Waals surface area contributed by atoms with Crippen molar-refractivity contribution in [3.8, 4) is 28.2 Å². The summed E-state index contributed by atoms with van der Waals surface area (Å²) < 4.78 is 3.74. The van der Waals surface area contributed by atoms with Crippen molar-refractivity contribution < 1.29 is 0 Å².